The molecule has 0 radical (unpaired) electrons. The van der Waals surface area contributed by atoms with Crippen molar-refractivity contribution >= 4 is 11.9 Å². The number of carbonyl (C=O) groups is 2. The number of amides is 1. The molecule has 6 N–H and O–H groups in total. The Balaban J connectivity index is 1.92. The van der Waals surface area contributed by atoms with E-state index < -0.39 is 49.5 Å². The average Bonchev–Trinajstić information content (AvgIpc) is 3.41. The molecule has 1 aliphatic heterocycles. The molecule has 0 aromatic heterocycles. The van der Waals surface area contributed by atoms with Gasteiger partial charge >= 0.3 is 5.97 Å². The molecule has 0 bridgehead atoms. The SMILES string of the molecule is CCCCCCCCCCCCC/C=C/C(O)C(COC1OC(CO)C(O)C(O)C1O)NC(=O)CCCCCCCCCCCCCCCCCCCCCCCCCCCCCCCCCCCOC(=O)CCCCCCCCCCCCC. The minimum Gasteiger partial charge on any atom is -0.466 e. The Labute approximate surface area is 525 Å². The van der Waals surface area contributed by atoms with Crippen LogP contribution >= 0.6 is 0 Å². The molecule has 1 fully saturated rings. The Hall–Kier alpha value is -1.60. The van der Waals surface area contributed by atoms with E-state index in [1.165, 1.54) is 308 Å². The van der Waals surface area contributed by atoms with Gasteiger partial charge in [0.05, 0.1) is 32.0 Å². The third-order valence-corrected chi connectivity index (χ3v) is 18.2. The molecule has 11 heteroatoms. The monoisotopic (exact) mass is 1210 g/mol. The number of aliphatic hydroxyl groups is 5. The van der Waals surface area contributed by atoms with E-state index in [-0.39, 0.29) is 18.5 Å². The summed E-state index contributed by atoms with van der Waals surface area (Å²) in [6, 6.07) is -0.805. The van der Waals surface area contributed by atoms with Gasteiger partial charge in [-0.25, -0.2) is 0 Å². The van der Waals surface area contributed by atoms with Crippen LogP contribution in [-0.4, -0.2) is 100 Å². The number of hydrogen-bond donors (Lipinski definition) is 6. The number of hydrogen-bond acceptors (Lipinski definition) is 10. The summed E-state index contributed by atoms with van der Waals surface area (Å²) in [6.45, 7) is 4.39. The lowest BCUT2D eigenvalue weighted by Gasteiger charge is -2.40. The number of unbranched alkanes of at least 4 members (excludes halogenated alkanes) is 53. The fraction of sp³-hybridized carbons (Fsp3) is 0.946. The van der Waals surface area contributed by atoms with Crippen LogP contribution in [0.2, 0.25) is 0 Å². The van der Waals surface area contributed by atoms with Crippen LogP contribution in [0.1, 0.15) is 386 Å². The number of carbonyl (C=O) groups excluding carboxylic acids is 2. The molecule has 7 atom stereocenters. The molecule has 11 nitrogen and oxygen atoms in total. The Morgan fingerprint density at radius 1 is 0.424 bits per heavy atom. The lowest BCUT2D eigenvalue weighted by Crippen LogP contribution is -2.60. The first-order valence-corrected chi connectivity index (χ1v) is 37.5. The first kappa shape index (κ1) is 81.4. The van der Waals surface area contributed by atoms with E-state index in [0.29, 0.717) is 19.4 Å². The second kappa shape index (κ2) is 63.9. The van der Waals surface area contributed by atoms with Gasteiger partial charge in [0.25, 0.3) is 0 Å². The van der Waals surface area contributed by atoms with Crippen molar-refractivity contribution < 1.29 is 49.3 Å². The summed E-state index contributed by atoms with van der Waals surface area (Å²) in [5, 5.41) is 54.5. The number of esters is 1. The maximum atomic E-state index is 13.1. The van der Waals surface area contributed by atoms with Crippen molar-refractivity contribution in [3.63, 3.8) is 0 Å². The molecule has 1 amide bonds. The van der Waals surface area contributed by atoms with Gasteiger partial charge in [0.15, 0.2) is 6.29 Å². The lowest BCUT2D eigenvalue weighted by atomic mass is 9.99. The molecule has 0 aliphatic carbocycles. The molecule has 7 unspecified atom stereocenters. The first-order valence-electron chi connectivity index (χ1n) is 37.5. The number of aliphatic hydroxyl groups excluding tert-OH is 5. The van der Waals surface area contributed by atoms with E-state index in [1.54, 1.807) is 6.08 Å². The average molecular weight is 1210 g/mol. The minimum atomic E-state index is -1.57. The van der Waals surface area contributed by atoms with Crippen LogP contribution in [0.25, 0.3) is 0 Å². The van der Waals surface area contributed by atoms with Gasteiger partial charge in [0.1, 0.15) is 24.4 Å². The van der Waals surface area contributed by atoms with Crippen LogP contribution < -0.4 is 5.32 Å². The van der Waals surface area contributed by atoms with Crippen LogP contribution in [0, 0.1) is 0 Å². The third-order valence-electron chi connectivity index (χ3n) is 18.2. The van der Waals surface area contributed by atoms with E-state index in [4.69, 9.17) is 14.2 Å². The Morgan fingerprint density at radius 3 is 1.09 bits per heavy atom. The maximum absolute atomic E-state index is 13.1. The summed E-state index contributed by atoms with van der Waals surface area (Å²) in [5.41, 5.74) is 0. The summed E-state index contributed by atoms with van der Waals surface area (Å²) < 4.78 is 16.8. The summed E-state index contributed by atoms with van der Waals surface area (Å²) in [7, 11) is 0. The van der Waals surface area contributed by atoms with Crippen LogP contribution in [0.4, 0.5) is 0 Å². The summed E-state index contributed by atoms with van der Waals surface area (Å²) in [5.74, 6) is -0.159. The van der Waals surface area contributed by atoms with Crippen LogP contribution in [-0.2, 0) is 23.8 Å². The smallest absolute Gasteiger partial charge is 0.305 e. The van der Waals surface area contributed by atoms with Crippen LogP contribution in [0.3, 0.4) is 0 Å². The van der Waals surface area contributed by atoms with Crippen molar-refractivity contribution in [1.29, 1.82) is 0 Å². The summed E-state index contributed by atoms with van der Waals surface area (Å²) >= 11 is 0. The Bertz CT molecular complexity index is 1420. The van der Waals surface area contributed by atoms with Gasteiger partial charge in [-0.1, -0.05) is 353 Å². The molecule has 1 rings (SSSR count). The molecule has 1 aliphatic rings. The molecular formula is C74H143NO10. The molecule has 0 aromatic carbocycles. The molecule has 1 saturated heterocycles. The first-order chi connectivity index (χ1) is 41.7. The van der Waals surface area contributed by atoms with Gasteiger partial charge in [0, 0.05) is 12.8 Å². The second-order valence-electron chi connectivity index (χ2n) is 26.4. The van der Waals surface area contributed by atoms with E-state index in [2.05, 4.69) is 19.2 Å². The zero-order valence-corrected chi connectivity index (χ0v) is 56.1. The van der Waals surface area contributed by atoms with Crippen LogP contribution in [0.5, 0.6) is 0 Å². The van der Waals surface area contributed by atoms with Crippen LogP contribution in [0.15, 0.2) is 12.2 Å². The van der Waals surface area contributed by atoms with Gasteiger partial charge in [-0.2, -0.15) is 0 Å². The van der Waals surface area contributed by atoms with E-state index >= 15 is 0 Å². The second-order valence-corrected chi connectivity index (χ2v) is 26.4. The van der Waals surface area contributed by atoms with Crippen molar-refractivity contribution in [2.45, 2.75) is 429 Å². The molecule has 0 aromatic rings. The standard InChI is InChI=1S/C74H143NO10/c1-3-5-7-9-11-13-15-37-41-44-48-52-56-60-67(77)66(65-84-74-73(82)72(81)71(80)68(64-76)85-74)75-69(78)61-57-53-49-45-42-38-35-33-31-29-27-25-23-21-19-17-16-18-20-22-24-26-28-30-32-34-36-39-43-47-51-55-59-63-83-70(79)62-58-54-50-46-40-14-12-10-8-6-4-2/h56,60,66-68,71-74,76-77,80-82H,3-55,57-59,61-65H2,1-2H3,(H,75,78)/b60-56+. The zero-order valence-electron chi connectivity index (χ0n) is 56.1. The summed E-state index contributed by atoms with van der Waals surface area (Å²) in [6.07, 6.45) is 69.3. The maximum Gasteiger partial charge on any atom is 0.305 e. The van der Waals surface area contributed by atoms with Crippen molar-refractivity contribution in [1.82, 2.24) is 5.32 Å². The van der Waals surface area contributed by atoms with Gasteiger partial charge in [0.2, 0.25) is 5.91 Å². The van der Waals surface area contributed by atoms with Crippen molar-refractivity contribution in [3.8, 4) is 0 Å². The lowest BCUT2D eigenvalue weighted by molar-refractivity contribution is -0.302. The fourth-order valence-corrected chi connectivity index (χ4v) is 12.3. The highest BCUT2D eigenvalue weighted by molar-refractivity contribution is 5.76. The van der Waals surface area contributed by atoms with Gasteiger partial charge in [-0.15, -0.1) is 0 Å². The highest BCUT2D eigenvalue weighted by Gasteiger charge is 2.44. The third kappa shape index (κ3) is 52.8. The predicted octanol–water partition coefficient (Wildman–Crippen LogP) is 19.4. The fourth-order valence-electron chi connectivity index (χ4n) is 12.3. The van der Waals surface area contributed by atoms with Gasteiger partial charge in [-0.05, 0) is 32.1 Å². The number of allylic oxidation sites excluding steroid dienone is 1. The number of ether oxygens (including phenoxy) is 3. The van der Waals surface area contributed by atoms with Crippen molar-refractivity contribution in [2.75, 3.05) is 19.8 Å². The van der Waals surface area contributed by atoms with Crippen molar-refractivity contribution in [2.24, 2.45) is 0 Å². The highest BCUT2D eigenvalue weighted by atomic mass is 16.7. The molecule has 1 heterocycles. The number of rotatable bonds is 67. The van der Waals surface area contributed by atoms with Gasteiger partial charge < -0.3 is 45.1 Å². The number of nitrogens with one attached hydrogen (secondary N) is 1. The molecular weight excluding hydrogens is 1060 g/mol. The van der Waals surface area contributed by atoms with Gasteiger partial charge in [-0.3, -0.25) is 9.59 Å². The van der Waals surface area contributed by atoms with Crippen molar-refractivity contribution in [3.05, 3.63) is 12.2 Å². The predicted molar refractivity (Wildman–Crippen MR) is 357 cm³/mol. The quantitative estimate of drug-likeness (QED) is 0.0195. The molecule has 0 saturated carbocycles. The van der Waals surface area contributed by atoms with E-state index in [0.717, 1.165) is 51.4 Å². The highest BCUT2D eigenvalue weighted by Crippen LogP contribution is 2.24. The Kier molecular flexibility index (Phi) is 61.2. The molecule has 0 spiro atoms. The molecule has 85 heavy (non-hydrogen) atoms. The largest absolute Gasteiger partial charge is 0.466 e. The van der Waals surface area contributed by atoms with E-state index in [9.17, 15) is 35.1 Å². The zero-order chi connectivity index (χ0) is 61.6. The summed E-state index contributed by atoms with van der Waals surface area (Å²) in [4.78, 5) is 25.1. The topological polar surface area (TPSA) is 175 Å². The minimum absolute atomic E-state index is 0.0150. The normalized spacial score (nSPS) is 17.9. The Morgan fingerprint density at radius 2 is 0.741 bits per heavy atom. The molecule has 504 valence electrons. The van der Waals surface area contributed by atoms with E-state index in [1.807, 2.05) is 6.08 Å².